The molecule has 0 unspecified atom stereocenters. The first-order valence-electron chi connectivity index (χ1n) is 6.13. The van der Waals surface area contributed by atoms with Crippen molar-refractivity contribution >= 4 is 17.3 Å². The van der Waals surface area contributed by atoms with Crippen molar-refractivity contribution in [2.75, 3.05) is 25.3 Å². The number of benzene rings is 2. The van der Waals surface area contributed by atoms with Crippen molar-refractivity contribution in [3.05, 3.63) is 47.8 Å². The summed E-state index contributed by atoms with van der Waals surface area (Å²) in [4.78, 5) is 12.2. The average Bonchev–Trinajstić information content (AvgIpc) is 2.47. The molecule has 0 radical (unpaired) electrons. The van der Waals surface area contributed by atoms with Gasteiger partial charge in [0.15, 0.2) is 0 Å². The molecule has 1 amide bonds. The number of nitrogens with one attached hydrogen (secondary N) is 1. The Kier molecular flexibility index (Phi) is 4.27. The number of nitrogens with two attached hydrogens (primary N) is 1. The second kappa shape index (κ2) is 6.13. The number of hydrogen-bond acceptors (Lipinski definition) is 4. The third kappa shape index (κ3) is 3.22. The van der Waals surface area contributed by atoms with Crippen LogP contribution in [0.2, 0.25) is 0 Å². The largest absolute Gasteiger partial charge is 0.497 e. The zero-order valence-corrected chi connectivity index (χ0v) is 11.6. The molecule has 0 aliphatic heterocycles. The zero-order valence-electron chi connectivity index (χ0n) is 11.6. The highest BCUT2D eigenvalue weighted by atomic mass is 19.1. The molecular formula is C15H15FN2O3. The van der Waals surface area contributed by atoms with Gasteiger partial charge in [-0.15, -0.1) is 0 Å². The molecule has 0 fully saturated rings. The van der Waals surface area contributed by atoms with Gasteiger partial charge in [0.1, 0.15) is 17.3 Å². The molecule has 0 aromatic heterocycles. The summed E-state index contributed by atoms with van der Waals surface area (Å²) < 4.78 is 23.3. The molecule has 0 spiro atoms. The summed E-state index contributed by atoms with van der Waals surface area (Å²) in [5.74, 6) is 0.108. The Morgan fingerprint density at radius 1 is 1.14 bits per heavy atom. The monoisotopic (exact) mass is 290 g/mol. The minimum absolute atomic E-state index is 0.0694. The van der Waals surface area contributed by atoms with Crippen LogP contribution in [-0.2, 0) is 0 Å². The molecule has 0 saturated carbocycles. The third-order valence-corrected chi connectivity index (χ3v) is 2.92. The number of carbonyl (C=O) groups is 1. The smallest absolute Gasteiger partial charge is 0.257 e. The van der Waals surface area contributed by atoms with Gasteiger partial charge in [-0.25, -0.2) is 4.39 Å². The van der Waals surface area contributed by atoms with Gasteiger partial charge in [-0.2, -0.15) is 0 Å². The van der Waals surface area contributed by atoms with E-state index in [9.17, 15) is 9.18 Å². The van der Waals surface area contributed by atoms with E-state index in [1.54, 1.807) is 18.2 Å². The molecule has 0 saturated heterocycles. The van der Waals surface area contributed by atoms with E-state index in [-0.39, 0.29) is 11.3 Å². The molecule has 0 bridgehead atoms. The van der Waals surface area contributed by atoms with Crippen molar-refractivity contribution in [3.63, 3.8) is 0 Å². The Morgan fingerprint density at radius 3 is 2.52 bits per heavy atom. The number of amides is 1. The van der Waals surface area contributed by atoms with Crippen molar-refractivity contribution < 1.29 is 18.7 Å². The topological polar surface area (TPSA) is 73.6 Å². The Morgan fingerprint density at radius 2 is 1.90 bits per heavy atom. The van der Waals surface area contributed by atoms with Crippen LogP contribution in [0.5, 0.6) is 11.5 Å². The van der Waals surface area contributed by atoms with E-state index in [1.165, 1.54) is 26.4 Å². The quantitative estimate of drug-likeness (QED) is 0.849. The zero-order chi connectivity index (χ0) is 15.4. The van der Waals surface area contributed by atoms with E-state index in [2.05, 4.69) is 5.32 Å². The molecule has 0 heterocycles. The summed E-state index contributed by atoms with van der Waals surface area (Å²) in [6, 6.07) is 8.58. The second-order valence-corrected chi connectivity index (χ2v) is 4.25. The van der Waals surface area contributed by atoms with Crippen LogP contribution >= 0.6 is 0 Å². The summed E-state index contributed by atoms with van der Waals surface area (Å²) >= 11 is 0. The third-order valence-electron chi connectivity index (χ3n) is 2.92. The Bertz CT molecular complexity index is 674. The van der Waals surface area contributed by atoms with Crippen molar-refractivity contribution in [2.24, 2.45) is 0 Å². The van der Waals surface area contributed by atoms with Crippen LogP contribution in [0.3, 0.4) is 0 Å². The normalized spacial score (nSPS) is 10.0. The molecule has 0 aliphatic rings. The van der Waals surface area contributed by atoms with Crippen LogP contribution in [-0.4, -0.2) is 20.1 Å². The number of rotatable bonds is 4. The van der Waals surface area contributed by atoms with Crippen molar-refractivity contribution in [1.82, 2.24) is 0 Å². The first-order valence-corrected chi connectivity index (χ1v) is 6.13. The number of methoxy groups -OCH3 is 2. The van der Waals surface area contributed by atoms with E-state index < -0.39 is 11.7 Å². The predicted molar refractivity (Wildman–Crippen MR) is 78.3 cm³/mol. The lowest BCUT2D eigenvalue weighted by molar-refractivity contribution is 0.102. The molecule has 2 rings (SSSR count). The van der Waals surface area contributed by atoms with Gasteiger partial charge < -0.3 is 20.5 Å². The average molecular weight is 290 g/mol. The van der Waals surface area contributed by atoms with E-state index in [4.69, 9.17) is 15.2 Å². The first kappa shape index (κ1) is 14.6. The Labute approximate surface area is 121 Å². The highest BCUT2D eigenvalue weighted by Gasteiger charge is 2.13. The number of carbonyl (C=O) groups excluding carboxylic acids is 1. The Hall–Kier alpha value is -2.76. The number of halogens is 1. The van der Waals surface area contributed by atoms with Crippen LogP contribution in [0, 0.1) is 5.82 Å². The molecule has 0 atom stereocenters. The fourth-order valence-electron chi connectivity index (χ4n) is 1.83. The van der Waals surface area contributed by atoms with Crippen LogP contribution < -0.4 is 20.5 Å². The molecule has 21 heavy (non-hydrogen) atoms. The molecule has 5 nitrogen and oxygen atoms in total. The van der Waals surface area contributed by atoms with Crippen LogP contribution in [0.15, 0.2) is 36.4 Å². The molecule has 110 valence electrons. The molecule has 6 heteroatoms. The minimum Gasteiger partial charge on any atom is -0.497 e. The van der Waals surface area contributed by atoms with Crippen LogP contribution in [0.4, 0.5) is 15.8 Å². The number of hydrogen-bond donors (Lipinski definition) is 2. The van der Waals surface area contributed by atoms with E-state index >= 15 is 0 Å². The van der Waals surface area contributed by atoms with Gasteiger partial charge in [-0.3, -0.25) is 4.79 Å². The van der Waals surface area contributed by atoms with Crippen molar-refractivity contribution in [1.29, 1.82) is 0 Å². The lowest BCUT2D eigenvalue weighted by atomic mass is 10.1. The lowest BCUT2D eigenvalue weighted by Gasteiger charge is -2.12. The molecule has 2 aromatic carbocycles. The predicted octanol–water partition coefficient (Wildman–Crippen LogP) is 2.68. The summed E-state index contributed by atoms with van der Waals surface area (Å²) in [6.45, 7) is 0. The van der Waals surface area contributed by atoms with Gasteiger partial charge in [0, 0.05) is 11.8 Å². The van der Waals surface area contributed by atoms with Gasteiger partial charge in [-0.05, 0) is 30.3 Å². The fourth-order valence-corrected chi connectivity index (χ4v) is 1.83. The maximum Gasteiger partial charge on any atom is 0.257 e. The highest BCUT2D eigenvalue weighted by molar-refractivity contribution is 6.08. The first-order chi connectivity index (χ1) is 10.0. The van der Waals surface area contributed by atoms with E-state index in [0.29, 0.717) is 17.2 Å². The Balaban J connectivity index is 2.27. The summed E-state index contributed by atoms with van der Waals surface area (Å²) in [6.07, 6.45) is 0. The van der Waals surface area contributed by atoms with Gasteiger partial charge in [0.25, 0.3) is 5.91 Å². The number of ether oxygens (including phenoxy) is 2. The van der Waals surface area contributed by atoms with Crippen molar-refractivity contribution in [2.45, 2.75) is 0 Å². The molecular weight excluding hydrogens is 275 g/mol. The summed E-state index contributed by atoms with van der Waals surface area (Å²) in [7, 11) is 3.02. The maximum atomic E-state index is 13.0. The standard InChI is InChI=1S/C15H15FN2O3/c1-20-10-4-6-13(14(8-10)21-2)18-15(19)11-5-3-9(16)7-12(11)17/h3-8H,17H2,1-2H3,(H,18,19). The van der Waals surface area contributed by atoms with Gasteiger partial charge >= 0.3 is 0 Å². The molecule has 2 aromatic rings. The molecule has 0 aliphatic carbocycles. The molecule has 3 N–H and O–H groups in total. The van der Waals surface area contributed by atoms with Crippen LogP contribution in [0.1, 0.15) is 10.4 Å². The highest BCUT2D eigenvalue weighted by Crippen LogP contribution is 2.29. The number of nitrogen functional groups attached to an aromatic ring is 1. The van der Waals surface area contributed by atoms with Gasteiger partial charge in [0.05, 0.1) is 25.5 Å². The maximum absolute atomic E-state index is 13.0. The minimum atomic E-state index is -0.494. The van der Waals surface area contributed by atoms with E-state index in [0.717, 1.165) is 6.07 Å². The summed E-state index contributed by atoms with van der Waals surface area (Å²) in [5, 5.41) is 2.67. The number of anilines is 2. The SMILES string of the molecule is COc1ccc(NC(=O)c2ccc(F)cc2N)c(OC)c1. The summed E-state index contributed by atoms with van der Waals surface area (Å²) in [5.41, 5.74) is 6.36. The van der Waals surface area contributed by atoms with Crippen LogP contribution in [0.25, 0.3) is 0 Å². The van der Waals surface area contributed by atoms with E-state index in [1.807, 2.05) is 0 Å². The lowest BCUT2D eigenvalue weighted by Crippen LogP contribution is -2.14. The van der Waals surface area contributed by atoms with Gasteiger partial charge in [-0.1, -0.05) is 0 Å². The second-order valence-electron chi connectivity index (χ2n) is 4.25. The fraction of sp³-hybridized carbons (Fsp3) is 0.133. The van der Waals surface area contributed by atoms with Crippen molar-refractivity contribution in [3.8, 4) is 11.5 Å². The van der Waals surface area contributed by atoms with Gasteiger partial charge in [0.2, 0.25) is 0 Å².